The number of aryl methyl sites for hydroxylation is 2. The number of amidine groups is 1. The van der Waals surface area contributed by atoms with Crippen molar-refractivity contribution in [2.75, 3.05) is 0 Å². The molecule has 4 N–H and O–H groups in total. The Hall–Kier alpha value is -3.60. The van der Waals surface area contributed by atoms with Gasteiger partial charge in [-0.2, -0.15) is 0 Å². The number of hydrogen-bond acceptors (Lipinski definition) is 2. The molecule has 1 aliphatic rings. The van der Waals surface area contributed by atoms with Crippen molar-refractivity contribution in [1.82, 2.24) is 9.88 Å². The summed E-state index contributed by atoms with van der Waals surface area (Å²) < 4.78 is 2.10. The smallest absolute Gasteiger partial charge is 0.268 e. The molecule has 0 bridgehead atoms. The summed E-state index contributed by atoms with van der Waals surface area (Å²) in [6, 6.07) is 22.8. The van der Waals surface area contributed by atoms with Gasteiger partial charge in [0.1, 0.15) is 11.5 Å². The van der Waals surface area contributed by atoms with Gasteiger partial charge < -0.3 is 15.6 Å². The lowest BCUT2D eigenvalue weighted by molar-refractivity contribution is 0.0918. The van der Waals surface area contributed by atoms with Gasteiger partial charge in [-0.15, -0.1) is 0 Å². The third kappa shape index (κ3) is 4.36. The van der Waals surface area contributed by atoms with Crippen LogP contribution in [-0.4, -0.2) is 22.4 Å². The number of nitrogen functional groups attached to an aromatic ring is 1. The van der Waals surface area contributed by atoms with Gasteiger partial charge in [-0.05, 0) is 47.7 Å². The molecule has 33 heavy (non-hydrogen) atoms. The SMILES string of the molecule is N=C(N)c1ccc2cc(C(=O)NC3CCCCC3)n(CCc3cccc4ccccc34)c2c1. The fraction of sp³-hybridized carbons (Fsp3) is 0.286. The van der Waals surface area contributed by atoms with Crippen LogP contribution in [0.4, 0.5) is 0 Å². The van der Waals surface area contributed by atoms with Gasteiger partial charge in [-0.25, -0.2) is 0 Å². The molecule has 1 aromatic heterocycles. The van der Waals surface area contributed by atoms with E-state index in [0.717, 1.165) is 30.2 Å². The van der Waals surface area contributed by atoms with E-state index in [1.54, 1.807) is 0 Å². The van der Waals surface area contributed by atoms with Crippen LogP contribution < -0.4 is 11.1 Å². The highest BCUT2D eigenvalue weighted by Crippen LogP contribution is 2.25. The molecule has 1 amide bonds. The predicted octanol–water partition coefficient (Wildman–Crippen LogP) is 5.38. The Labute approximate surface area is 194 Å². The molecule has 0 aliphatic heterocycles. The summed E-state index contributed by atoms with van der Waals surface area (Å²) in [5.74, 6) is 0.0207. The van der Waals surface area contributed by atoms with E-state index in [4.69, 9.17) is 11.1 Å². The zero-order valence-corrected chi connectivity index (χ0v) is 18.8. The van der Waals surface area contributed by atoms with Crippen LogP contribution in [0.25, 0.3) is 21.7 Å². The van der Waals surface area contributed by atoms with Crippen molar-refractivity contribution in [2.45, 2.75) is 51.1 Å². The van der Waals surface area contributed by atoms with E-state index in [0.29, 0.717) is 17.8 Å². The Kier molecular flexibility index (Phi) is 5.86. The molecule has 0 unspecified atom stereocenters. The molecule has 0 atom stereocenters. The first-order valence-electron chi connectivity index (χ1n) is 11.9. The largest absolute Gasteiger partial charge is 0.384 e. The summed E-state index contributed by atoms with van der Waals surface area (Å²) in [6.07, 6.45) is 6.52. The Morgan fingerprint density at radius 2 is 1.76 bits per heavy atom. The van der Waals surface area contributed by atoms with Crippen LogP contribution in [-0.2, 0) is 13.0 Å². The second kappa shape index (κ2) is 9.10. The third-order valence-electron chi connectivity index (χ3n) is 6.87. The van der Waals surface area contributed by atoms with Crippen LogP contribution in [0.3, 0.4) is 0 Å². The molecule has 0 spiro atoms. The maximum absolute atomic E-state index is 13.3. The van der Waals surface area contributed by atoms with Crippen LogP contribution in [0.2, 0.25) is 0 Å². The fourth-order valence-corrected chi connectivity index (χ4v) is 5.10. The van der Waals surface area contributed by atoms with Crippen molar-refractivity contribution >= 4 is 33.4 Å². The number of carbonyl (C=O) groups excluding carboxylic acids is 1. The van der Waals surface area contributed by atoms with E-state index in [9.17, 15) is 4.79 Å². The van der Waals surface area contributed by atoms with Crippen molar-refractivity contribution in [3.05, 3.63) is 83.6 Å². The lowest BCUT2D eigenvalue weighted by Crippen LogP contribution is -2.37. The van der Waals surface area contributed by atoms with E-state index in [-0.39, 0.29) is 17.8 Å². The highest BCUT2D eigenvalue weighted by Gasteiger charge is 2.21. The number of carbonyl (C=O) groups is 1. The summed E-state index contributed by atoms with van der Waals surface area (Å²) in [6.45, 7) is 0.673. The number of nitrogens with one attached hydrogen (secondary N) is 2. The molecule has 5 heteroatoms. The van der Waals surface area contributed by atoms with Crippen molar-refractivity contribution in [1.29, 1.82) is 5.41 Å². The molecule has 5 rings (SSSR count). The van der Waals surface area contributed by atoms with Gasteiger partial charge in [0.15, 0.2) is 0 Å². The fourth-order valence-electron chi connectivity index (χ4n) is 5.10. The van der Waals surface area contributed by atoms with E-state index >= 15 is 0 Å². The molecule has 1 fully saturated rings. The summed E-state index contributed by atoms with van der Waals surface area (Å²) in [5, 5.41) is 14.6. The molecule has 4 aromatic rings. The zero-order valence-electron chi connectivity index (χ0n) is 18.8. The Morgan fingerprint density at radius 3 is 2.58 bits per heavy atom. The Morgan fingerprint density at radius 1 is 0.970 bits per heavy atom. The number of aromatic nitrogens is 1. The minimum absolute atomic E-state index is 0.0135. The number of nitrogens with two attached hydrogens (primary N) is 1. The maximum atomic E-state index is 13.3. The van der Waals surface area contributed by atoms with Crippen LogP contribution in [0.15, 0.2) is 66.7 Å². The lowest BCUT2D eigenvalue weighted by atomic mass is 9.95. The van der Waals surface area contributed by atoms with Gasteiger partial charge in [0, 0.05) is 29.1 Å². The average Bonchev–Trinajstić information content (AvgIpc) is 3.21. The molecular weight excluding hydrogens is 408 g/mol. The molecule has 1 heterocycles. The summed E-state index contributed by atoms with van der Waals surface area (Å²) in [5.41, 5.74) is 9.32. The first-order chi connectivity index (χ1) is 16.1. The molecule has 3 aromatic carbocycles. The molecule has 5 nitrogen and oxygen atoms in total. The van der Waals surface area contributed by atoms with Crippen molar-refractivity contribution in [2.24, 2.45) is 5.73 Å². The second-order valence-corrected chi connectivity index (χ2v) is 9.07. The highest BCUT2D eigenvalue weighted by molar-refractivity contribution is 6.02. The molecule has 0 saturated heterocycles. The predicted molar refractivity (Wildman–Crippen MR) is 135 cm³/mol. The lowest BCUT2D eigenvalue weighted by Gasteiger charge is -2.23. The third-order valence-corrected chi connectivity index (χ3v) is 6.87. The topological polar surface area (TPSA) is 83.9 Å². The van der Waals surface area contributed by atoms with Gasteiger partial charge in [0.25, 0.3) is 5.91 Å². The van der Waals surface area contributed by atoms with E-state index in [1.165, 1.54) is 35.6 Å². The first kappa shape index (κ1) is 21.3. The normalized spacial score (nSPS) is 14.5. The van der Waals surface area contributed by atoms with Crippen LogP contribution in [0.1, 0.15) is 53.7 Å². The molecular formula is C28H30N4O. The Bertz CT molecular complexity index is 1330. The van der Waals surface area contributed by atoms with Crippen molar-refractivity contribution in [3.8, 4) is 0 Å². The van der Waals surface area contributed by atoms with Crippen molar-refractivity contribution in [3.63, 3.8) is 0 Å². The van der Waals surface area contributed by atoms with Crippen molar-refractivity contribution < 1.29 is 4.79 Å². The van der Waals surface area contributed by atoms with E-state index < -0.39 is 0 Å². The van der Waals surface area contributed by atoms with Crippen LogP contribution >= 0.6 is 0 Å². The average molecular weight is 439 g/mol. The first-order valence-corrected chi connectivity index (χ1v) is 11.9. The van der Waals surface area contributed by atoms with E-state index in [2.05, 4.69) is 52.3 Å². The number of fused-ring (bicyclic) bond motifs is 2. The van der Waals surface area contributed by atoms with E-state index in [1.807, 2.05) is 24.3 Å². The quantitative estimate of drug-likeness (QED) is 0.279. The second-order valence-electron chi connectivity index (χ2n) is 9.07. The molecule has 168 valence electrons. The van der Waals surface area contributed by atoms with Gasteiger partial charge in [-0.3, -0.25) is 10.2 Å². The zero-order chi connectivity index (χ0) is 22.8. The summed E-state index contributed by atoms with van der Waals surface area (Å²) in [4.78, 5) is 13.3. The van der Waals surface area contributed by atoms with Crippen LogP contribution in [0.5, 0.6) is 0 Å². The molecule has 1 aliphatic carbocycles. The minimum atomic E-state index is -0.0135. The van der Waals surface area contributed by atoms with Gasteiger partial charge in [0.2, 0.25) is 0 Å². The number of nitrogens with zero attached hydrogens (tertiary/aromatic N) is 1. The highest BCUT2D eigenvalue weighted by atomic mass is 16.2. The monoisotopic (exact) mass is 438 g/mol. The van der Waals surface area contributed by atoms with Gasteiger partial charge in [0.05, 0.1) is 0 Å². The number of amides is 1. The molecule has 1 saturated carbocycles. The number of rotatable bonds is 6. The number of hydrogen-bond donors (Lipinski definition) is 3. The Balaban J connectivity index is 1.51. The summed E-state index contributed by atoms with van der Waals surface area (Å²) >= 11 is 0. The maximum Gasteiger partial charge on any atom is 0.268 e. The van der Waals surface area contributed by atoms with Gasteiger partial charge in [-0.1, -0.05) is 73.9 Å². The summed E-state index contributed by atoms with van der Waals surface area (Å²) in [7, 11) is 0. The minimum Gasteiger partial charge on any atom is -0.384 e. The van der Waals surface area contributed by atoms with Crippen LogP contribution in [0, 0.1) is 5.41 Å². The molecule has 0 radical (unpaired) electrons. The standard InChI is InChI=1S/C28H30N4O/c29-27(30)22-14-13-21-17-26(28(33)31-23-10-2-1-3-11-23)32(25(21)18-22)16-15-20-9-6-8-19-7-4-5-12-24(19)20/h4-9,12-14,17-18,23H,1-3,10-11,15-16H2,(H3,29,30)(H,31,33). The number of benzene rings is 3. The van der Waals surface area contributed by atoms with Gasteiger partial charge >= 0.3 is 0 Å².